The number of anilines is 1. The summed E-state index contributed by atoms with van der Waals surface area (Å²) >= 11 is 0. The predicted octanol–water partition coefficient (Wildman–Crippen LogP) is 3.76. The quantitative estimate of drug-likeness (QED) is 0.850. The summed E-state index contributed by atoms with van der Waals surface area (Å²) in [7, 11) is 0. The third-order valence-corrected chi connectivity index (χ3v) is 1.72. The number of rotatable bonds is 1. The zero-order chi connectivity index (χ0) is 14.9. The van der Waals surface area contributed by atoms with Crippen molar-refractivity contribution >= 4 is 5.95 Å². The van der Waals surface area contributed by atoms with Crippen molar-refractivity contribution in [2.75, 3.05) is 5.73 Å². The van der Waals surface area contributed by atoms with Crippen molar-refractivity contribution in [3.63, 3.8) is 0 Å². The van der Waals surface area contributed by atoms with Crippen LogP contribution < -0.4 is 5.73 Å². The lowest BCUT2D eigenvalue weighted by Crippen LogP contribution is -1.90. The molecular formula is C15H26N4. The SMILES string of the molecule is CC.CC.CCc1cccnc1.Nc1ncccn1. The molecular weight excluding hydrogens is 236 g/mol. The highest BCUT2D eigenvalue weighted by molar-refractivity contribution is 5.11. The number of nitrogens with zero attached hydrogens (tertiary/aromatic N) is 3. The van der Waals surface area contributed by atoms with Gasteiger partial charge in [-0.2, -0.15) is 0 Å². The highest BCUT2D eigenvalue weighted by atomic mass is 15.0. The van der Waals surface area contributed by atoms with Gasteiger partial charge in [-0.1, -0.05) is 40.7 Å². The van der Waals surface area contributed by atoms with Gasteiger partial charge in [-0.3, -0.25) is 4.98 Å². The number of nitrogen functional groups attached to an aromatic ring is 1. The second-order valence-electron chi connectivity index (χ2n) is 2.82. The van der Waals surface area contributed by atoms with Gasteiger partial charge in [0.25, 0.3) is 0 Å². The van der Waals surface area contributed by atoms with Gasteiger partial charge in [0.15, 0.2) is 0 Å². The maximum atomic E-state index is 5.14. The van der Waals surface area contributed by atoms with Crippen molar-refractivity contribution in [3.05, 3.63) is 48.5 Å². The van der Waals surface area contributed by atoms with Crippen molar-refractivity contribution in [2.24, 2.45) is 0 Å². The highest BCUT2D eigenvalue weighted by Gasteiger charge is 1.81. The summed E-state index contributed by atoms with van der Waals surface area (Å²) in [5.74, 6) is 0.322. The van der Waals surface area contributed by atoms with Crippen LogP contribution in [-0.2, 0) is 6.42 Å². The molecule has 106 valence electrons. The zero-order valence-corrected chi connectivity index (χ0v) is 12.7. The average Bonchev–Trinajstić information content (AvgIpc) is 2.53. The Balaban J connectivity index is 0. The van der Waals surface area contributed by atoms with Gasteiger partial charge in [-0.05, 0) is 24.1 Å². The van der Waals surface area contributed by atoms with E-state index in [1.54, 1.807) is 24.7 Å². The fourth-order valence-electron chi connectivity index (χ4n) is 0.918. The molecule has 2 N–H and O–H groups in total. The van der Waals surface area contributed by atoms with E-state index < -0.39 is 0 Å². The van der Waals surface area contributed by atoms with Gasteiger partial charge in [0.05, 0.1) is 0 Å². The first-order valence-electron chi connectivity index (χ1n) is 6.74. The molecule has 2 heterocycles. The second kappa shape index (κ2) is 16.0. The molecule has 0 bridgehead atoms. The van der Waals surface area contributed by atoms with Crippen molar-refractivity contribution < 1.29 is 0 Å². The fraction of sp³-hybridized carbons (Fsp3) is 0.400. The van der Waals surface area contributed by atoms with E-state index in [4.69, 9.17) is 5.73 Å². The lowest BCUT2D eigenvalue weighted by Gasteiger charge is -1.88. The van der Waals surface area contributed by atoms with Crippen molar-refractivity contribution in [2.45, 2.75) is 41.0 Å². The van der Waals surface area contributed by atoms with Crippen molar-refractivity contribution in [3.8, 4) is 0 Å². The molecule has 0 unspecified atom stereocenters. The molecule has 0 saturated heterocycles. The average molecular weight is 262 g/mol. The molecule has 4 nitrogen and oxygen atoms in total. The summed E-state index contributed by atoms with van der Waals surface area (Å²) in [6.07, 6.45) is 7.96. The fourth-order valence-corrected chi connectivity index (χ4v) is 0.918. The summed E-state index contributed by atoms with van der Waals surface area (Å²) in [6, 6.07) is 5.75. The van der Waals surface area contributed by atoms with Gasteiger partial charge < -0.3 is 5.73 Å². The Morgan fingerprint density at radius 2 is 1.53 bits per heavy atom. The van der Waals surface area contributed by atoms with Gasteiger partial charge >= 0.3 is 0 Å². The molecule has 0 aliphatic rings. The summed E-state index contributed by atoms with van der Waals surface area (Å²) in [4.78, 5) is 11.2. The van der Waals surface area contributed by atoms with Gasteiger partial charge in [0, 0.05) is 24.8 Å². The minimum Gasteiger partial charge on any atom is -0.368 e. The highest BCUT2D eigenvalue weighted by Crippen LogP contribution is 1.93. The van der Waals surface area contributed by atoms with E-state index in [0.717, 1.165) is 6.42 Å². The minimum atomic E-state index is 0.322. The number of hydrogen-bond acceptors (Lipinski definition) is 4. The molecule has 0 fully saturated rings. The molecule has 0 spiro atoms. The molecule has 0 atom stereocenters. The Hall–Kier alpha value is -1.97. The Morgan fingerprint density at radius 1 is 0.947 bits per heavy atom. The standard InChI is InChI=1S/C7H9N.C4H5N3.2C2H6/c1-2-7-4-3-5-8-6-7;5-4-6-2-1-3-7-4;2*1-2/h3-6H,2H2,1H3;1-3H,(H2,5,6,7);2*1-2H3. The first-order chi connectivity index (χ1) is 9.33. The van der Waals surface area contributed by atoms with Crippen LogP contribution in [0.15, 0.2) is 43.0 Å². The molecule has 19 heavy (non-hydrogen) atoms. The van der Waals surface area contributed by atoms with Gasteiger partial charge in [0.2, 0.25) is 5.95 Å². The lowest BCUT2D eigenvalue weighted by molar-refractivity contribution is 1.10. The van der Waals surface area contributed by atoms with Crippen LogP contribution in [0.5, 0.6) is 0 Å². The van der Waals surface area contributed by atoms with Crippen LogP contribution in [0.4, 0.5) is 5.95 Å². The molecule has 2 aromatic rings. The maximum absolute atomic E-state index is 5.14. The van der Waals surface area contributed by atoms with E-state index in [-0.39, 0.29) is 0 Å². The van der Waals surface area contributed by atoms with Gasteiger partial charge in [0.1, 0.15) is 0 Å². The monoisotopic (exact) mass is 262 g/mol. The third-order valence-electron chi connectivity index (χ3n) is 1.72. The van der Waals surface area contributed by atoms with Crippen molar-refractivity contribution in [1.82, 2.24) is 15.0 Å². The Labute approximate surface area is 117 Å². The Kier molecular flexibility index (Phi) is 16.3. The molecule has 0 saturated carbocycles. The lowest BCUT2D eigenvalue weighted by atomic mass is 10.2. The van der Waals surface area contributed by atoms with E-state index >= 15 is 0 Å². The van der Waals surface area contributed by atoms with Crippen LogP contribution in [0.25, 0.3) is 0 Å². The van der Waals surface area contributed by atoms with Crippen molar-refractivity contribution in [1.29, 1.82) is 0 Å². The smallest absolute Gasteiger partial charge is 0.219 e. The number of pyridine rings is 1. The number of nitrogens with two attached hydrogens (primary N) is 1. The van der Waals surface area contributed by atoms with Crippen LogP contribution in [0.3, 0.4) is 0 Å². The van der Waals surface area contributed by atoms with E-state index in [9.17, 15) is 0 Å². The summed E-state index contributed by atoms with van der Waals surface area (Å²) < 4.78 is 0. The molecule has 0 aromatic carbocycles. The number of hydrogen-bond donors (Lipinski definition) is 1. The molecule has 2 aromatic heterocycles. The van der Waals surface area contributed by atoms with Crippen LogP contribution in [0.2, 0.25) is 0 Å². The van der Waals surface area contributed by atoms with Gasteiger partial charge in [-0.15, -0.1) is 0 Å². The zero-order valence-electron chi connectivity index (χ0n) is 12.7. The largest absolute Gasteiger partial charge is 0.368 e. The first-order valence-corrected chi connectivity index (χ1v) is 6.74. The molecule has 2 rings (SSSR count). The maximum Gasteiger partial charge on any atom is 0.219 e. The predicted molar refractivity (Wildman–Crippen MR) is 82.8 cm³/mol. The molecule has 0 amide bonds. The van der Waals surface area contributed by atoms with Gasteiger partial charge in [-0.25, -0.2) is 9.97 Å². The van der Waals surface area contributed by atoms with E-state index in [1.165, 1.54) is 5.56 Å². The molecule has 0 aliphatic heterocycles. The summed E-state index contributed by atoms with van der Waals surface area (Å²) in [6.45, 7) is 10.1. The van der Waals surface area contributed by atoms with E-state index in [1.807, 2.05) is 40.0 Å². The number of aromatic nitrogens is 3. The minimum absolute atomic E-state index is 0.322. The van der Waals surface area contributed by atoms with Crippen LogP contribution in [0.1, 0.15) is 40.2 Å². The second-order valence-corrected chi connectivity index (χ2v) is 2.82. The van der Waals surface area contributed by atoms with Crippen LogP contribution >= 0.6 is 0 Å². The summed E-state index contributed by atoms with van der Waals surface area (Å²) in [5.41, 5.74) is 6.43. The molecule has 0 radical (unpaired) electrons. The third kappa shape index (κ3) is 12.3. The van der Waals surface area contributed by atoms with E-state index in [2.05, 4.69) is 27.9 Å². The Bertz CT molecular complexity index is 362. The molecule has 4 heteroatoms. The van der Waals surface area contributed by atoms with Crippen LogP contribution in [0, 0.1) is 0 Å². The topological polar surface area (TPSA) is 64.7 Å². The Morgan fingerprint density at radius 3 is 1.79 bits per heavy atom. The first kappa shape index (κ1) is 19.4. The normalized spacial score (nSPS) is 7.63. The van der Waals surface area contributed by atoms with Crippen LogP contribution in [-0.4, -0.2) is 15.0 Å². The van der Waals surface area contributed by atoms with E-state index in [0.29, 0.717) is 5.95 Å². The number of aryl methyl sites for hydroxylation is 1. The summed E-state index contributed by atoms with van der Waals surface area (Å²) in [5, 5.41) is 0. The molecule has 0 aliphatic carbocycles.